The molecule has 12 rings (SSSR count). The summed E-state index contributed by atoms with van der Waals surface area (Å²) in [6.45, 7) is 0. The maximum absolute atomic E-state index is 6.27. The largest absolute Gasteiger partial charge is 0.456 e. The van der Waals surface area contributed by atoms with Crippen molar-refractivity contribution in [3.63, 3.8) is 0 Å². The Hall–Kier alpha value is -8.20. The van der Waals surface area contributed by atoms with E-state index in [1.54, 1.807) is 0 Å². The fourth-order valence-electron chi connectivity index (χ4n) is 9.45. The Balaban J connectivity index is 0.959. The minimum Gasteiger partial charge on any atom is -0.456 e. The molecular weight excluding hydrogens is 751 g/mol. The molecule has 0 N–H and O–H groups in total. The van der Waals surface area contributed by atoms with E-state index in [0.717, 1.165) is 61.3 Å². The molecule has 0 spiro atoms. The van der Waals surface area contributed by atoms with Crippen molar-refractivity contribution >= 4 is 71.3 Å². The van der Waals surface area contributed by atoms with Crippen LogP contribution in [0.2, 0.25) is 0 Å². The zero-order chi connectivity index (χ0) is 41.0. The van der Waals surface area contributed by atoms with Crippen molar-refractivity contribution in [2.24, 2.45) is 0 Å². The highest BCUT2D eigenvalue weighted by atomic mass is 16.3. The van der Waals surface area contributed by atoms with Crippen molar-refractivity contribution in [2.45, 2.75) is 0 Å². The van der Waals surface area contributed by atoms with E-state index in [2.05, 4.69) is 229 Å². The molecule has 1 aromatic heterocycles. The van der Waals surface area contributed by atoms with Gasteiger partial charge in [-0.2, -0.15) is 0 Å². The molecule has 0 radical (unpaired) electrons. The summed E-state index contributed by atoms with van der Waals surface area (Å²) in [5, 5.41) is 9.84. The summed E-state index contributed by atoms with van der Waals surface area (Å²) in [6.07, 6.45) is 0. The fourth-order valence-corrected chi connectivity index (χ4v) is 9.45. The highest BCUT2D eigenvalue weighted by Crippen LogP contribution is 2.44. The topological polar surface area (TPSA) is 16.4 Å². The van der Waals surface area contributed by atoms with Crippen molar-refractivity contribution in [3.05, 3.63) is 237 Å². The number of fused-ring (bicyclic) bond motifs is 7. The molecule has 0 bridgehead atoms. The zero-order valence-corrected chi connectivity index (χ0v) is 33.9. The van der Waals surface area contributed by atoms with Crippen molar-refractivity contribution < 1.29 is 4.42 Å². The molecule has 2 heteroatoms. The van der Waals surface area contributed by atoms with Gasteiger partial charge in [0.1, 0.15) is 11.2 Å². The van der Waals surface area contributed by atoms with Crippen molar-refractivity contribution in [2.75, 3.05) is 4.90 Å². The number of nitrogens with zero attached hydrogens (tertiary/aromatic N) is 1. The summed E-state index contributed by atoms with van der Waals surface area (Å²) < 4.78 is 6.27. The average molecular weight is 790 g/mol. The second-order valence-electron chi connectivity index (χ2n) is 16.0. The van der Waals surface area contributed by atoms with Crippen molar-refractivity contribution in [3.8, 4) is 44.5 Å². The van der Waals surface area contributed by atoms with Gasteiger partial charge in [0, 0.05) is 27.7 Å². The van der Waals surface area contributed by atoms with Gasteiger partial charge < -0.3 is 9.32 Å². The average Bonchev–Trinajstić information content (AvgIpc) is 3.74. The van der Waals surface area contributed by atoms with Crippen LogP contribution < -0.4 is 4.90 Å². The quantitative estimate of drug-likeness (QED) is 0.150. The minimum absolute atomic E-state index is 0.898. The lowest BCUT2D eigenvalue weighted by atomic mass is 9.95. The second-order valence-corrected chi connectivity index (χ2v) is 16.0. The second kappa shape index (κ2) is 14.8. The van der Waals surface area contributed by atoms with Gasteiger partial charge in [0.2, 0.25) is 0 Å². The lowest BCUT2D eigenvalue weighted by Gasteiger charge is -2.28. The summed E-state index contributed by atoms with van der Waals surface area (Å²) in [7, 11) is 0. The maximum atomic E-state index is 6.27. The lowest BCUT2D eigenvalue weighted by Crippen LogP contribution is -2.11. The molecular formula is C60H39NO. The molecule has 0 unspecified atom stereocenters. The van der Waals surface area contributed by atoms with Gasteiger partial charge >= 0.3 is 0 Å². The molecule has 0 aliphatic carbocycles. The third-order valence-electron chi connectivity index (χ3n) is 12.5. The van der Waals surface area contributed by atoms with Crippen LogP contribution in [0.1, 0.15) is 0 Å². The molecule has 0 aliphatic rings. The summed E-state index contributed by atoms with van der Waals surface area (Å²) in [6, 6.07) is 85.5. The zero-order valence-electron chi connectivity index (χ0n) is 33.9. The maximum Gasteiger partial charge on any atom is 0.136 e. The standard InChI is InChI=1S/C60H39NO/c1-3-14-50-41(11-1)13-9-18-52(50)43-23-25-44(26-24-43)54-16-5-7-20-57(54)61(49-36-31-45(32-37-49)55-19-10-22-59-60(55)56-17-6-8-21-58(56)62-59)48-34-29-40(30-35-48)46-33-38-53-47(39-46)28-27-42-12-2-4-15-51(42)53/h1-39H. The van der Waals surface area contributed by atoms with Crippen LogP contribution in [0.5, 0.6) is 0 Å². The van der Waals surface area contributed by atoms with Gasteiger partial charge in [-0.3, -0.25) is 0 Å². The van der Waals surface area contributed by atoms with Crippen LogP contribution in [0.4, 0.5) is 17.1 Å². The van der Waals surface area contributed by atoms with Crippen LogP contribution in [0.25, 0.3) is 98.8 Å². The highest BCUT2D eigenvalue weighted by Gasteiger charge is 2.19. The number of rotatable bonds is 7. The van der Waals surface area contributed by atoms with Gasteiger partial charge in [-0.05, 0) is 120 Å². The van der Waals surface area contributed by atoms with E-state index < -0.39 is 0 Å². The van der Waals surface area contributed by atoms with Gasteiger partial charge in [-0.15, -0.1) is 0 Å². The fraction of sp³-hybridized carbons (Fsp3) is 0. The molecule has 290 valence electrons. The number of hydrogen-bond donors (Lipinski definition) is 0. The van der Waals surface area contributed by atoms with E-state index in [4.69, 9.17) is 4.42 Å². The Kier molecular flexibility index (Phi) is 8.53. The lowest BCUT2D eigenvalue weighted by molar-refractivity contribution is 0.669. The number of furan rings is 1. The van der Waals surface area contributed by atoms with Gasteiger partial charge in [0.05, 0.1) is 5.69 Å². The van der Waals surface area contributed by atoms with E-state index in [1.807, 2.05) is 12.1 Å². The van der Waals surface area contributed by atoms with Crippen LogP contribution in [-0.2, 0) is 0 Å². The molecule has 12 aromatic rings. The Morgan fingerprint density at radius 1 is 0.274 bits per heavy atom. The molecule has 0 atom stereocenters. The summed E-state index contributed by atoms with van der Waals surface area (Å²) in [5.74, 6) is 0. The van der Waals surface area contributed by atoms with E-state index in [9.17, 15) is 0 Å². The first-order chi connectivity index (χ1) is 30.7. The molecule has 1 heterocycles. The summed E-state index contributed by atoms with van der Waals surface area (Å²) in [4.78, 5) is 2.39. The smallest absolute Gasteiger partial charge is 0.136 e. The third-order valence-corrected chi connectivity index (χ3v) is 12.5. The van der Waals surface area contributed by atoms with E-state index in [1.165, 1.54) is 54.6 Å². The van der Waals surface area contributed by atoms with E-state index >= 15 is 0 Å². The molecule has 0 amide bonds. The Bertz CT molecular complexity index is 3610. The molecule has 2 nitrogen and oxygen atoms in total. The molecule has 0 saturated carbocycles. The first kappa shape index (κ1) is 35.7. The predicted octanol–water partition coefficient (Wildman–Crippen LogP) is 17.2. The van der Waals surface area contributed by atoms with Crippen LogP contribution in [-0.4, -0.2) is 0 Å². The number of anilines is 3. The Labute approximate surface area is 360 Å². The van der Waals surface area contributed by atoms with Crippen LogP contribution in [0.3, 0.4) is 0 Å². The van der Waals surface area contributed by atoms with Gasteiger partial charge in [-0.25, -0.2) is 0 Å². The molecule has 11 aromatic carbocycles. The molecule has 0 fully saturated rings. The van der Waals surface area contributed by atoms with Crippen molar-refractivity contribution in [1.29, 1.82) is 0 Å². The summed E-state index contributed by atoms with van der Waals surface area (Å²) >= 11 is 0. The summed E-state index contributed by atoms with van der Waals surface area (Å²) in [5.41, 5.74) is 14.5. The number of benzene rings is 11. The van der Waals surface area contributed by atoms with Gasteiger partial charge in [0.25, 0.3) is 0 Å². The van der Waals surface area contributed by atoms with Crippen molar-refractivity contribution in [1.82, 2.24) is 0 Å². The Morgan fingerprint density at radius 3 is 1.55 bits per heavy atom. The first-order valence-electron chi connectivity index (χ1n) is 21.2. The van der Waals surface area contributed by atoms with E-state index in [0.29, 0.717) is 0 Å². The van der Waals surface area contributed by atoms with E-state index in [-0.39, 0.29) is 0 Å². The first-order valence-corrected chi connectivity index (χ1v) is 21.2. The van der Waals surface area contributed by atoms with Gasteiger partial charge in [-0.1, -0.05) is 188 Å². The minimum atomic E-state index is 0.898. The highest BCUT2D eigenvalue weighted by molar-refractivity contribution is 6.12. The number of para-hydroxylation sites is 2. The van der Waals surface area contributed by atoms with Gasteiger partial charge in [0.15, 0.2) is 0 Å². The molecule has 0 saturated heterocycles. The van der Waals surface area contributed by atoms with Crippen LogP contribution in [0.15, 0.2) is 241 Å². The third kappa shape index (κ3) is 6.12. The molecule has 62 heavy (non-hydrogen) atoms. The Morgan fingerprint density at radius 2 is 0.758 bits per heavy atom. The monoisotopic (exact) mass is 789 g/mol. The normalized spacial score (nSPS) is 11.5. The van der Waals surface area contributed by atoms with Crippen LogP contribution in [0, 0.1) is 0 Å². The predicted molar refractivity (Wildman–Crippen MR) is 263 cm³/mol. The van der Waals surface area contributed by atoms with Crippen LogP contribution >= 0.6 is 0 Å². The molecule has 0 aliphatic heterocycles. The number of hydrogen-bond acceptors (Lipinski definition) is 2. The SMILES string of the molecule is c1ccc(N(c2ccc(-c3ccc4c(ccc5ccccc54)c3)cc2)c2ccc(-c3cccc4oc5ccccc5c34)cc2)c(-c2ccc(-c3cccc4ccccc34)cc2)c1.